The molecule has 1 aliphatic rings. The smallest absolute Gasteiger partial charge is 0.106 e. The number of aliphatic hydroxyl groups excluding tert-OH is 1. The second-order valence-corrected chi connectivity index (χ2v) is 23.4. The van der Waals surface area contributed by atoms with Gasteiger partial charge in [0, 0.05) is 0 Å². The first-order chi connectivity index (χ1) is 22.2. The van der Waals surface area contributed by atoms with Crippen LogP contribution in [0.15, 0.2) is 11.6 Å². The van der Waals surface area contributed by atoms with E-state index in [9.17, 15) is 9.32 Å². The second-order valence-electron chi connectivity index (χ2n) is 14.2. The van der Waals surface area contributed by atoms with Crippen LogP contribution in [-0.4, -0.2) is 79.5 Å². The van der Waals surface area contributed by atoms with Crippen molar-refractivity contribution in [2.45, 2.75) is 136 Å². The van der Waals surface area contributed by atoms with Crippen molar-refractivity contribution in [3.63, 3.8) is 0 Å². The second kappa shape index (κ2) is 29.4. The molecule has 47 heavy (non-hydrogen) atoms. The number of rotatable bonds is 20. The van der Waals surface area contributed by atoms with Crippen molar-refractivity contribution >= 4 is 52.0 Å². The minimum atomic E-state index is -1.36. The molecule has 0 aromatic rings. The van der Waals surface area contributed by atoms with E-state index in [1.54, 1.807) is 0 Å². The Balaban J connectivity index is 0. The molecule has 0 bridgehead atoms. The maximum absolute atomic E-state index is 13.1. The summed E-state index contributed by atoms with van der Waals surface area (Å²) in [6.45, 7) is 21.3. The molecule has 7 nitrogen and oxygen atoms in total. The van der Waals surface area contributed by atoms with E-state index in [1.807, 2.05) is 18.6 Å². The zero-order chi connectivity index (χ0) is 36.4. The number of nitrogens with one attached hydrogen (secondary N) is 1. The molecule has 0 saturated heterocycles. The summed E-state index contributed by atoms with van der Waals surface area (Å²) in [5.74, 6) is 15.9. The molecule has 1 fully saturated rings. The van der Waals surface area contributed by atoms with Gasteiger partial charge in [0.1, 0.15) is 13.6 Å². The van der Waals surface area contributed by atoms with Gasteiger partial charge in [0.2, 0.25) is 0 Å². The fourth-order valence-electron chi connectivity index (χ4n) is 5.93. The molecule has 0 heterocycles. The van der Waals surface area contributed by atoms with Crippen LogP contribution < -0.4 is 11.2 Å². The summed E-state index contributed by atoms with van der Waals surface area (Å²) >= 11 is -1.36. The zero-order valence-corrected chi connectivity index (χ0v) is 34.9. The van der Waals surface area contributed by atoms with Gasteiger partial charge in [0.25, 0.3) is 0 Å². The summed E-state index contributed by atoms with van der Waals surface area (Å²) in [5, 5.41) is 16.7. The van der Waals surface area contributed by atoms with E-state index in [4.69, 9.17) is 24.3 Å². The quantitative estimate of drug-likeness (QED) is 0.0220. The Morgan fingerprint density at radius 3 is 2.28 bits per heavy atom. The SMILES string of the molecule is C/C=C(/C[C@@H](CNCCCN(N)[C@@H](CCC1CCCCC1)C(O)CCC(C)C)CS(=O)C(C)(C)C)C(C)C#CCI(C)Cl.C=O.C=O. The van der Waals surface area contributed by atoms with Crippen LogP contribution in [0.2, 0.25) is 0 Å². The summed E-state index contributed by atoms with van der Waals surface area (Å²) in [6.07, 6.45) is 14.4. The number of hydrazine groups is 1. The van der Waals surface area contributed by atoms with Crippen LogP contribution in [0.3, 0.4) is 0 Å². The van der Waals surface area contributed by atoms with Crippen molar-refractivity contribution in [3.8, 4) is 11.8 Å². The van der Waals surface area contributed by atoms with Gasteiger partial charge < -0.3 is 14.7 Å². The summed E-state index contributed by atoms with van der Waals surface area (Å²) in [7, 11) is 5.32. The molecule has 4 N–H and O–H groups in total. The molecule has 0 aromatic carbocycles. The first kappa shape index (κ1) is 48.8. The number of carbonyl (C=O) groups excluding carboxylic acids is 2. The Morgan fingerprint density at radius 1 is 1.13 bits per heavy atom. The van der Waals surface area contributed by atoms with Crippen LogP contribution >= 0.6 is 27.6 Å². The van der Waals surface area contributed by atoms with Crippen LogP contribution in [0, 0.1) is 35.5 Å². The number of hydrogen-bond acceptors (Lipinski definition) is 7. The minimum absolute atomic E-state index is 0.0206. The van der Waals surface area contributed by atoms with Gasteiger partial charge in [-0.05, 0) is 37.5 Å². The Morgan fingerprint density at radius 2 is 1.74 bits per heavy atom. The van der Waals surface area contributed by atoms with Gasteiger partial charge in [-0.3, -0.25) is 5.84 Å². The molecule has 0 aliphatic heterocycles. The summed E-state index contributed by atoms with van der Waals surface area (Å²) in [5.41, 5.74) is 1.32. The predicted octanol–water partition coefficient (Wildman–Crippen LogP) is 7.73. The summed E-state index contributed by atoms with van der Waals surface area (Å²) in [4.78, 5) is 18.1. The maximum Gasteiger partial charge on any atom is 0.106 e. The van der Waals surface area contributed by atoms with Crippen LogP contribution in [-0.2, 0) is 20.4 Å². The third-order valence-corrected chi connectivity index (χ3v) is 13.0. The van der Waals surface area contributed by atoms with E-state index >= 15 is 0 Å². The number of hydrogen-bond donors (Lipinski definition) is 3. The van der Waals surface area contributed by atoms with Gasteiger partial charge in [0.05, 0.1) is 12.1 Å². The Kier molecular flexibility index (Phi) is 30.5. The van der Waals surface area contributed by atoms with Crippen molar-refractivity contribution in [1.82, 2.24) is 10.3 Å². The first-order valence-corrected chi connectivity index (χ1v) is 25.2. The molecule has 0 amide bonds. The van der Waals surface area contributed by atoms with Gasteiger partial charge in [-0.2, -0.15) is 0 Å². The third-order valence-electron chi connectivity index (χ3n) is 8.80. The van der Waals surface area contributed by atoms with Crippen LogP contribution in [0.5, 0.6) is 0 Å². The predicted molar refractivity (Wildman–Crippen MR) is 215 cm³/mol. The zero-order valence-electron chi connectivity index (χ0n) is 31.1. The molecular weight excluding hydrogens is 745 g/mol. The molecule has 1 aliphatic carbocycles. The van der Waals surface area contributed by atoms with Gasteiger partial charge in [0.15, 0.2) is 0 Å². The van der Waals surface area contributed by atoms with Gasteiger partial charge in [-0.1, -0.05) is 46.0 Å². The average molecular weight is 816 g/mol. The minimum Gasteiger partial charge on any atom is -0.307 e. The third kappa shape index (κ3) is 24.4. The molecule has 0 spiro atoms. The molecule has 278 valence electrons. The summed E-state index contributed by atoms with van der Waals surface area (Å²) in [6, 6.07) is 0.0206. The average Bonchev–Trinajstić information content (AvgIpc) is 3.03. The standard InChI is InChI=1S/C35H67ClIN3O2S.2CH2O/c1-9-32(29(4)15-13-22-37(8)36)25-31(27-43(42)35(5,6)7)26-39-23-14-24-40(38)33(34(41)21-18-28(2)3)20-19-30-16-11-10-12-17-30;2*1-2/h9,28-31,33-34,39,41H,10-12,14,16-27,38H2,1-8H3;2*1H2/b32-9-;;/t29?,31-,33-,34?,43?;;/m0../s1. The molecule has 0 aromatic heterocycles. The van der Waals surface area contributed by atoms with Crippen molar-refractivity contribution < 1.29 is 18.9 Å². The van der Waals surface area contributed by atoms with E-state index in [0.29, 0.717) is 11.7 Å². The van der Waals surface area contributed by atoms with Gasteiger partial charge in [-0.15, -0.1) is 0 Å². The summed E-state index contributed by atoms with van der Waals surface area (Å²) < 4.78 is 13.7. The van der Waals surface area contributed by atoms with Crippen LogP contribution in [0.1, 0.15) is 119 Å². The number of nitrogens with zero attached hydrogens (tertiary/aromatic N) is 1. The van der Waals surface area contributed by atoms with Gasteiger partial charge >= 0.3 is 170 Å². The van der Waals surface area contributed by atoms with E-state index in [1.165, 1.54) is 44.1 Å². The van der Waals surface area contributed by atoms with E-state index in [0.717, 1.165) is 62.1 Å². The molecule has 1 saturated carbocycles. The fraction of sp³-hybridized carbons (Fsp3) is 0.838. The van der Waals surface area contributed by atoms with Crippen LogP contribution in [0.4, 0.5) is 0 Å². The number of aliphatic hydroxyl groups is 1. The molecule has 1 rings (SSSR count). The fourth-order valence-corrected chi connectivity index (χ4v) is 8.17. The Bertz CT molecular complexity index is 898. The Hall–Kier alpha value is -0.350. The molecular formula is C37H71ClIN3O4S. The maximum atomic E-state index is 13.1. The number of nitrogens with two attached hydrogens (primary N) is 1. The number of halogens is 2. The van der Waals surface area contributed by atoms with E-state index in [-0.39, 0.29) is 28.7 Å². The number of carbonyl (C=O) groups is 2. The number of alkyl halides is 2. The topological polar surface area (TPSA) is 113 Å². The van der Waals surface area contributed by atoms with E-state index < -0.39 is 29.5 Å². The van der Waals surface area contributed by atoms with E-state index in [2.05, 4.69) is 76.6 Å². The van der Waals surface area contributed by atoms with Gasteiger partial charge in [-0.25, -0.2) is 5.01 Å². The van der Waals surface area contributed by atoms with Crippen molar-refractivity contribution in [1.29, 1.82) is 0 Å². The van der Waals surface area contributed by atoms with Crippen molar-refractivity contribution in [2.75, 3.05) is 34.7 Å². The molecule has 10 heteroatoms. The largest absolute Gasteiger partial charge is 0.307 e. The molecule has 0 radical (unpaired) electrons. The molecule has 5 atom stereocenters. The normalized spacial score (nSPS) is 17.6. The Labute approximate surface area is 303 Å². The molecule has 3 unspecified atom stereocenters. The van der Waals surface area contributed by atoms with Crippen molar-refractivity contribution in [3.05, 3.63) is 11.6 Å². The van der Waals surface area contributed by atoms with Crippen molar-refractivity contribution in [2.24, 2.45) is 29.5 Å². The first-order valence-electron chi connectivity index (χ1n) is 17.5. The van der Waals surface area contributed by atoms with Crippen LogP contribution in [0.25, 0.3) is 0 Å². The number of allylic oxidation sites excluding steroid dienone is 2. The monoisotopic (exact) mass is 815 g/mol.